The predicted molar refractivity (Wildman–Crippen MR) is 78.9 cm³/mol. The number of hydrogen-bond acceptors (Lipinski definition) is 7. The minimum absolute atomic E-state index is 0.0247. The van der Waals surface area contributed by atoms with Crippen LogP contribution >= 0.6 is 0 Å². The quantitative estimate of drug-likeness (QED) is 0.751. The van der Waals surface area contributed by atoms with E-state index < -0.39 is 17.5 Å². The summed E-state index contributed by atoms with van der Waals surface area (Å²) < 4.78 is 48.8. The number of hydrogen-bond donors (Lipinski definition) is 1. The lowest BCUT2D eigenvalue weighted by atomic mass is 10.2. The highest BCUT2D eigenvalue weighted by molar-refractivity contribution is 5.66. The van der Waals surface area contributed by atoms with Gasteiger partial charge < -0.3 is 5.32 Å². The Morgan fingerprint density at radius 1 is 1.24 bits per heavy atom. The van der Waals surface area contributed by atoms with E-state index in [4.69, 9.17) is 0 Å². The number of rotatable bonds is 5. The summed E-state index contributed by atoms with van der Waals surface area (Å²) in [5, 5.41) is 13.7. The first kappa shape index (κ1) is 16.7. The van der Waals surface area contributed by atoms with Gasteiger partial charge in [-0.2, -0.15) is 13.2 Å². The molecule has 0 aliphatic carbocycles. The van der Waals surface area contributed by atoms with E-state index >= 15 is 0 Å². The molecule has 131 valence electrons. The van der Waals surface area contributed by atoms with Crippen molar-refractivity contribution in [2.75, 3.05) is 11.9 Å². The zero-order chi connectivity index (χ0) is 18.0. The Morgan fingerprint density at radius 2 is 2.04 bits per heavy atom. The molecule has 3 rings (SSSR count). The van der Waals surface area contributed by atoms with Crippen LogP contribution in [0, 0.1) is 6.92 Å². The molecule has 1 aromatic carbocycles. The second-order valence-electron chi connectivity index (χ2n) is 4.90. The van der Waals surface area contributed by atoms with E-state index in [1.54, 1.807) is 0 Å². The van der Waals surface area contributed by atoms with E-state index in [0.29, 0.717) is 13.0 Å². The second-order valence-corrected chi connectivity index (χ2v) is 4.90. The van der Waals surface area contributed by atoms with Gasteiger partial charge in [0.05, 0.1) is 11.3 Å². The van der Waals surface area contributed by atoms with Gasteiger partial charge in [0, 0.05) is 6.54 Å². The Labute approximate surface area is 138 Å². The monoisotopic (exact) mass is 354 g/mol. The first-order valence-electron chi connectivity index (χ1n) is 7.04. The highest BCUT2D eigenvalue weighted by atomic mass is 19.4. The fourth-order valence-electron chi connectivity index (χ4n) is 2.11. The van der Waals surface area contributed by atoms with Crippen LogP contribution in [0.5, 0.6) is 0 Å². The molecule has 25 heavy (non-hydrogen) atoms. The normalized spacial score (nSPS) is 11.7. The van der Waals surface area contributed by atoms with E-state index in [1.165, 1.54) is 12.1 Å². The standard InChI is InChI=1S/C14H11F3N5O3/c1-2-6-18-11-10(19-25-20-11)12-21-24-13(23)22(12)9-5-3-4-8(7-9)14(15,16)17/h3-5,7H,1-2,6H2,(H,18,20). The highest BCUT2D eigenvalue weighted by Gasteiger charge is 2.31. The molecule has 8 nitrogen and oxygen atoms in total. The molecule has 1 radical (unpaired) electrons. The van der Waals surface area contributed by atoms with Crippen LogP contribution in [-0.2, 0) is 6.18 Å². The molecule has 0 saturated heterocycles. The maximum Gasteiger partial charge on any atom is 0.446 e. The van der Waals surface area contributed by atoms with E-state index in [0.717, 1.165) is 16.7 Å². The van der Waals surface area contributed by atoms with Crippen molar-refractivity contribution >= 4 is 5.82 Å². The van der Waals surface area contributed by atoms with Crippen molar-refractivity contribution in [2.45, 2.75) is 12.6 Å². The molecular formula is C14H11F3N5O3. The topological polar surface area (TPSA) is 99.0 Å². The van der Waals surface area contributed by atoms with Gasteiger partial charge in [0.2, 0.25) is 11.6 Å². The first-order chi connectivity index (χ1) is 11.9. The number of benzene rings is 1. The van der Waals surface area contributed by atoms with Crippen LogP contribution in [0.2, 0.25) is 0 Å². The SMILES string of the molecule is [CH2]CCNc1nonc1-c1noc(=O)n1-c1cccc(C(F)(F)F)c1. The van der Waals surface area contributed by atoms with Gasteiger partial charge in [-0.1, -0.05) is 18.1 Å². The molecular weight excluding hydrogens is 343 g/mol. The summed E-state index contributed by atoms with van der Waals surface area (Å²) >= 11 is 0. The Hall–Kier alpha value is -3.11. The first-order valence-corrected chi connectivity index (χ1v) is 7.04. The van der Waals surface area contributed by atoms with Crippen molar-refractivity contribution < 1.29 is 22.3 Å². The van der Waals surface area contributed by atoms with E-state index in [-0.39, 0.29) is 23.0 Å². The third-order valence-corrected chi connectivity index (χ3v) is 3.21. The van der Waals surface area contributed by atoms with Gasteiger partial charge in [0.15, 0.2) is 5.69 Å². The number of anilines is 1. The van der Waals surface area contributed by atoms with Crippen molar-refractivity contribution in [2.24, 2.45) is 0 Å². The fraction of sp³-hybridized carbons (Fsp3) is 0.214. The lowest BCUT2D eigenvalue weighted by Crippen LogP contribution is -2.15. The summed E-state index contributed by atoms with van der Waals surface area (Å²) in [6.07, 6.45) is -4.03. The number of nitrogens with one attached hydrogen (secondary N) is 1. The Balaban J connectivity index is 2.10. The fourth-order valence-corrected chi connectivity index (χ4v) is 2.11. The molecule has 0 aliphatic heterocycles. The molecule has 0 aliphatic rings. The molecule has 0 saturated carbocycles. The summed E-state index contributed by atoms with van der Waals surface area (Å²) in [6, 6.07) is 4.18. The summed E-state index contributed by atoms with van der Waals surface area (Å²) in [6.45, 7) is 4.09. The van der Waals surface area contributed by atoms with Crippen LogP contribution in [0.15, 0.2) is 38.2 Å². The van der Waals surface area contributed by atoms with Crippen molar-refractivity contribution in [3.05, 3.63) is 47.3 Å². The van der Waals surface area contributed by atoms with Crippen molar-refractivity contribution in [3.8, 4) is 17.2 Å². The minimum Gasteiger partial charge on any atom is -0.365 e. The van der Waals surface area contributed by atoms with Gasteiger partial charge in [0.1, 0.15) is 0 Å². The van der Waals surface area contributed by atoms with E-state index in [2.05, 4.69) is 36.9 Å². The van der Waals surface area contributed by atoms with Crippen LogP contribution in [-0.4, -0.2) is 26.6 Å². The highest BCUT2D eigenvalue weighted by Crippen LogP contribution is 2.31. The third kappa shape index (κ3) is 3.25. The van der Waals surface area contributed by atoms with Crippen molar-refractivity contribution in [1.29, 1.82) is 0 Å². The Morgan fingerprint density at radius 3 is 2.76 bits per heavy atom. The molecule has 0 spiro atoms. The van der Waals surface area contributed by atoms with Gasteiger partial charge in [-0.25, -0.2) is 14.0 Å². The minimum atomic E-state index is -4.56. The Bertz CT molecular complexity index is 928. The summed E-state index contributed by atoms with van der Waals surface area (Å²) in [4.78, 5) is 12.0. The van der Waals surface area contributed by atoms with Crippen LogP contribution < -0.4 is 11.1 Å². The largest absolute Gasteiger partial charge is 0.446 e. The number of aromatic nitrogens is 4. The van der Waals surface area contributed by atoms with Crippen LogP contribution in [0.1, 0.15) is 12.0 Å². The predicted octanol–water partition coefficient (Wildman–Crippen LogP) is 2.53. The summed E-state index contributed by atoms with van der Waals surface area (Å²) in [5.41, 5.74) is -0.975. The maximum absolute atomic E-state index is 12.9. The lowest BCUT2D eigenvalue weighted by Gasteiger charge is -2.09. The zero-order valence-corrected chi connectivity index (χ0v) is 12.6. The lowest BCUT2D eigenvalue weighted by molar-refractivity contribution is -0.137. The van der Waals surface area contributed by atoms with Crippen molar-refractivity contribution in [1.82, 2.24) is 20.0 Å². The van der Waals surface area contributed by atoms with E-state index in [9.17, 15) is 18.0 Å². The van der Waals surface area contributed by atoms with Gasteiger partial charge >= 0.3 is 11.9 Å². The van der Waals surface area contributed by atoms with Crippen LogP contribution in [0.4, 0.5) is 19.0 Å². The molecule has 0 fully saturated rings. The molecule has 3 aromatic rings. The molecule has 2 heterocycles. The van der Waals surface area contributed by atoms with Gasteiger partial charge in [-0.15, -0.1) is 0 Å². The molecule has 11 heteroatoms. The average Bonchev–Trinajstić information content (AvgIpc) is 3.18. The molecule has 1 N–H and O–H groups in total. The number of alkyl halides is 3. The van der Waals surface area contributed by atoms with Crippen LogP contribution in [0.3, 0.4) is 0 Å². The van der Waals surface area contributed by atoms with Crippen LogP contribution in [0.25, 0.3) is 17.2 Å². The Kier molecular flexibility index (Phi) is 4.30. The smallest absolute Gasteiger partial charge is 0.365 e. The number of halogens is 3. The van der Waals surface area contributed by atoms with E-state index in [1.807, 2.05) is 0 Å². The van der Waals surface area contributed by atoms with Gasteiger partial charge in [-0.3, -0.25) is 4.52 Å². The maximum atomic E-state index is 12.9. The average molecular weight is 354 g/mol. The zero-order valence-electron chi connectivity index (χ0n) is 12.6. The van der Waals surface area contributed by atoms with Gasteiger partial charge in [-0.05, 0) is 34.9 Å². The van der Waals surface area contributed by atoms with Gasteiger partial charge in [0.25, 0.3) is 0 Å². The van der Waals surface area contributed by atoms with Crippen molar-refractivity contribution in [3.63, 3.8) is 0 Å². The molecule has 0 bridgehead atoms. The summed E-state index contributed by atoms with van der Waals surface area (Å²) in [5.74, 6) is -0.949. The molecule has 0 unspecified atom stereocenters. The molecule has 2 aromatic heterocycles. The number of nitrogens with zero attached hydrogens (tertiary/aromatic N) is 4. The molecule has 0 atom stereocenters. The molecule has 0 amide bonds. The summed E-state index contributed by atoms with van der Waals surface area (Å²) in [7, 11) is 0. The second kappa shape index (κ2) is 6.42. The third-order valence-electron chi connectivity index (χ3n) is 3.21.